The largest absolute Gasteiger partial charge is 0.454 e. The molecule has 2 heterocycles. The highest BCUT2D eigenvalue weighted by Crippen LogP contribution is 2.47. The van der Waals surface area contributed by atoms with Crippen molar-refractivity contribution in [3.05, 3.63) is 75.3 Å². The number of benzene rings is 3. The lowest BCUT2D eigenvalue weighted by Gasteiger charge is -2.48. The van der Waals surface area contributed by atoms with E-state index in [2.05, 4.69) is 17.6 Å². The fraction of sp³-hybridized carbons (Fsp3) is 0.625. The predicted octanol–water partition coefficient (Wildman–Crippen LogP) is 7.77. The van der Waals surface area contributed by atoms with Gasteiger partial charge in [-0.05, 0) is 101 Å². The van der Waals surface area contributed by atoms with E-state index in [-0.39, 0.29) is 45.2 Å². The van der Waals surface area contributed by atoms with Crippen LogP contribution in [0.4, 0.5) is 0 Å². The Hall–Kier alpha value is -2.80. The number of aryl methyl sites for hydroxylation is 1. The molecule has 2 fully saturated rings. The van der Waals surface area contributed by atoms with Crippen LogP contribution in [-0.2, 0) is 14.2 Å². The number of halogens is 2. The van der Waals surface area contributed by atoms with E-state index in [4.69, 9.17) is 51.6 Å². The lowest BCUT2D eigenvalue weighted by molar-refractivity contribution is -0.334. The van der Waals surface area contributed by atoms with Crippen LogP contribution in [-0.4, -0.2) is 112 Å². The molecule has 0 amide bonds. The maximum Gasteiger partial charge on any atom is 0.230 e. The van der Waals surface area contributed by atoms with E-state index in [9.17, 15) is 30.6 Å². The number of ether oxygens (including phenoxy) is 6. The Labute approximate surface area is 388 Å². The Balaban J connectivity index is 1.38. The molecule has 2 aliphatic rings. The molecule has 0 spiro atoms. The van der Waals surface area contributed by atoms with Crippen molar-refractivity contribution in [1.82, 2.24) is 10.6 Å². The van der Waals surface area contributed by atoms with Crippen molar-refractivity contribution in [3.63, 3.8) is 0 Å². The lowest BCUT2D eigenvalue weighted by atomic mass is 9.85. The molecule has 16 heteroatoms. The van der Waals surface area contributed by atoms with Crippen molar-refractivity contribution in [2.75, 3.05) is 26.2 Å². The van der Waals surface area contributed by atoms with Crippen LogP contribution in [0.3, 0.4) is 0 Å². The van der Waals surface area contributed by atoms with Crippen LogP contribution in [0, 0.1) is 6.92 Å². The van der Waals surface area contributed by atoms with Crippen molar-refractivity contribution >= 4 is 23.2 Å². The molecule has 0 aromatic heterocycles. The standard InChI is InChI=1S/C48H70Cl2N2O12/c1-7-8-9-10-11-12-13-14-19-51-20-21-52-48(6)26-41(59-31(5)46(48)58)63-45-43(57)42(56)40(27-53)62-47(45)64-44-38(60-36-17-15-32(29(3)54)24-34(36)49)22-28(2)23-39(44)61-37-18-16-33(30(4)55)25-35(37)50/h15-18,22-25,29-31,40-43,45-47,51-58H,7-14,19-21,26-27H2,1-6H3/t29-,30-,31-,40+,41-,42+,43-,45+,46+,47-,48-/m0/s1. The van der Waals surface area contributed by atoms with Crippen LogP contribution in [0.1, 0.15) is 121 Å². The van der Waals surface area contributed by atoms with Gasteiger partial charge in [0, 0.05) is 25.0 Å². The monoisotopic (exact) mass is 936 g/mol. The summed E-state index contributed by atoms with van der Waals surface area (Å²) in [6.45, 7) is 12.4. The second kappa shape index (κ2) is 24.8. The molecule has 64 heavy (non-hydrogen) atoms. The molecule has 14 nitrogen and oxygen atoms in total. The van der Waals surface area contributed by atoms with E-state index in [0.717, 1.165) is 13.0 Å². The van der Waals surface area contributed by atoms with Gasteiger partial charge in [0.25, 0.3) is 0 Å². The molecule has 11 atom stereocenters. The fourth-order valence-electron chi connectivity index (χ4n) is 8.07. The Morgan fingerprint density at radius 1 is 0.766 bits per heavy atom. The van der Waals surface area contributed by atoms with Gasteiger partial charge in [-0.1, -0.05) is 87.2 Å². The first-order valence-corrected chi connectivity index (χ1v) is 23.5. The zero-order chi connectivity index (χ0) is 46.6. The van der Waals surface area contributed by atoms with E-state index < -0.39 is 73.6 Å². The highest BCUT2D eigenvalue weighted by molar-refractivity contribution is 6.32. The van der Waals surface area contributed by atoms with Gasteiger partial charge < -0.3 is 69.7 Å². The molecule has 8 N–H and O–H groups in total. The Morgan fingerprint density at radius 3 is 1.86 bits per heavy atom. The van der Waals surface area contributed by atoms with Gasteiger partial charge in [0.2, 0.25) is 12.0 Å². The minimum absolute atomic E-state index is 0.0462. The van der Waals surface area contributed by atoms with E-state index in [1.165, 1.54) is 44.9 Å². The fourth-order valence-corrected chi connectivity index (χ4v) is 8.52. The molecule has 5 rings (SSSR count). The Kier molecular flexibility index (Phi) is 20.2. The Morgan fingerprint density at radius 2 is 1.33 bits per heavy atom. The molecule has 0 radical (unpaired) electrons. The zero-order valence-electron chi connectivity index (χ0n) is 38.0. The molecule has 0 bridgehead atoms. The van der Waals surface area contributed by atoms with E-state index in [0.29, 0.717) is 29.8 Å². The van der Waals surface area contributed by atoms with E-state index >= 15 is 0 Å². The minimum Gasteiger partial charge on any atom is -0.454 e. The third kappa shape index (κ3) is 14.1. The number of hydrogen-bond acceptors (Lipinski definition) is 14. The SMILES string of the molecule is CCCCCCCCCCNCCN[C@@]1(C)C[C@H](O[C@H]2[C@H](Oc3c(Oc4ccc([C@H](C)O)cc4Cl)cc(C)cc3Oc3ccc([C@H](C)O)cc3Cl)O[C@H](CO)[C@@H](O)[C@@H]2O)O[C@@H](C)[C@H]1O. The molecule has 2 aliphatic heterocycles. The van der Waals surface area contributed by atoms with Crippen molar-refractivity contribution < 1.29 is 59.1 Å². The van der Waals surface area contributed by atoms with Crippen LogP contribution >= 0.6 is 23.2 Å². The molecular weight excluding hydrogens is 867 g/mol. The van der Waals surface area contributed by atoms with Crippen molar-refractivity contribution in [3.8, 4) is 28.7 Å². The van der Waals surface area contributed by atoms with Crippen molar-refractivity contribution in [2.24, 2.45) is 0 Å². The summed E-state index contributed by atoms with van der Waals surface area (Å²) in [6, 6.07) is 13.0. The van der Waals surface area contributed by atoms with Crippen LogP contribution in [0.25, 0.3) is 0 Å². The summed E-state index contributed by atoms with van der Waals surface area (Å²) in [7, 11) is 0. The van der Waals surface area contributed by atoms with Crippen molar-refractivity contribution in [1.29, 1.82) is 0 Å². The van der Waals surface area contributed by atoms with Crippen LogP contribution in [0.5, 0.6) is 28.7 Å². The summed E-state index contributed by atoms with van der Waals surface area (Å²) in [4.78, 5) is 0. The van der Waals surface area contributed by atoms with Gasteiger partial charge in [-0.2, -0.15) is 0 Å². The predicted molar refractivity (Wildman–Crippen MR) is 246 cm³/mol. The summed E-state index contributed by atoms with van der Waals surface area (Å²) in [5.74, 6) is 0.577. The summed E-state index contributed by atoms with van der Waals surface area (Å²) in [6.07, 6.45) is -1.49. The number of nitrogens with one attached hydrogen (secondary N) is 2. The minimum atomic E-state index is -1.65. The topological polar surface area (TPSA) is 201 Å². The molecule has 0 aliphatic carbocycles. The summed E-state index contributed by atoms with van der Waals surface area (Å²) in [5, 5.41) is 72.1. The molecular formula is C48H70Cl2N2O12. The second-order valence-corrected chi connectivity index (χ2v) is 18.3. The number of hydrogen-bond donors (Lipinski definition) is 8. The zero-order valence-corrected chi connectivity index (χ0v) is 39.5. The van der Waals surface area contributed by atoms with Gasteiger partial charge in [0.15, 0.2) is 23.9 Å². The molecule has 2 saturated heterocycles. The van der Waals surface area contributed by atoms with Crippen LogP contribution in [0.2, 0.25) is 10.0 Å². The van der Waals surface area contributed by atoms with Gasteiger partial charge in [0.1, 0.15) is 29.8 Å². The van der Waals surface area contributed by atoms with Crippen LogP contribution < -0.4 is 24.8 Å². The average molecular weight is 938 g/mol. The van der Waals surface area contributed by atoms with Gasteiger partial charge in [-0.3, -0.25) is 0 Å². The molecule has 358 valence electrons. The highest BCUT2D eigenvalue weighted by Gasteiger charge is 2.51. The smallest absolute Gasteiger partial charge is 0.230 e. The van der Waals surface area contributed by atoms with E-state index in [1.54, 1.807) is 76.2 Å². The number of aliphatic hydroxyl groups excluding tert-OH is 6. The Bertz CT molecular complexity index is 1830. The maximum atomic E-state index is 11.6. The molecule has 0 unspecified atom stereocenters. The summed E-state index contributed by atoms with van der Waals surface area (Å²) >= 11 is 13.3. The molecule has 3 aromatic rings. The third-order valence-electron chi connectivity index (χ3n) is 11.9. The molecule has 0 saturated carbocycles. The number of rotatable bonds is 24. The molecule has 3 aromatic carbocycles. The summed E-state index contributed by atoms with van der Waals surface area (Å²) in [5.41, 5.74) is 0.944. The highest BCUT2D eigenvalue weighted by atomic mass is 35.5. The lowest BCUT2D eigenvalue weighted by Crippen LogP contribution is -2.65. The summed E-state index contributed by atoms with van der Waals surface area (Å²) < 4.78 is 38.1. The van der Waals surface area contributed by atoms with Gasteiger partial charge in [-0.25, -0.2) is 0 Å². The normalized spacial score (nSPS) is 27.0. The third-order valence-corrected chi connectivity index (χ3v) is 12.5. The average Bonchev–Trinajstić information content (AvgIpc) is 3.25. The van der Waals surface area contributed by atoms with Crippen molar-refractivity contribution in [2.45, 2.75) is 166 Å². The van der Waals surface area contributed by atoms with Gasteiger partial charge in [-0.15, -0.1) is 0 Å². The first-order chi connectivity index (χ1) is 30.5. The van der Waals surface area contributed by atoms with Gasteiger partial charge in [0.05, 0.1) is 41.1 Å². The quantitative estimate of drug-likeness (QED) is 0.0405. The van der Waals surface area contributed by atoms with Gasteiger partial charge >= 0.3 is 0 Å². The first kappa shape index (κ1) is 52.2. The number of unbranched alkanes of at least 4 members (excludes halogenated alkanes) is 7. The number of aliphatic hydroxyl groups is 6. The van der Waals surface area contributed by atoms with Crippen LogP contribution in [0.15, 0.2) is 48.5 Å². The maximum absolute atomic E-state index is 11.6. The first-order valence-electron chi connectivity index (χ1n) is 22.7. The van der Waals surface area contributed by atoms with E-state index in [1.807, 2.05) is 6.92 Å². The second-order valence-electron chi connectivity index (χ2n) is 17.4.